The number of piperidine rings is 1. The first-order chi connectivity index (χ1) is 11.6. The lowest BCUT2D eigenvalue weighted by Crippen LogP contribution is -2.56. The summed E-state index contributed by atoms with van der Waals surface area (Å²) in [4.78, 5) is 16.6. The van der Waals surface area contributed by atoms with Gasteiger partial charge in [-0.25, -0.2) is 0 Å². The predicted molar refractivity (Wildman–Crippen MR) is 115 cm³/mol. The largest absolute Gasteiger partial charge is 0.353 e. The molecule has 2 aliphatic rings. The fourth-order valence-electron chi connectivity index (χ4n) is 4.01. The van der Waals surface area contributed by atoms with Crippen LogP contribution in [0.2, 0.25) is 0 Å². The smallest absolute Gasteiger partial charge is 0.240 e. The number of hydrogen-bond donors (Lipinski definition) is 2. The Labute approximate surface area is 174 Å². The Kier molecular flexibility index (Phi) is 9.91. The molecule has 1 unspecified atom stereocenters. The lowest BCUT2D eigenvalue weighted by molar-refractivity contribution is -0.127. The Morgan fingerprint density at radius 3 is 2.54 bits per heavy atom. The molecule has 4 nitrogen and oxygen atoms in total. The van der Waals surface area contributed by atoms with Crippen molar-refractivity contribution in [3.05, 3.63) is 22.4 Å². The Morgan fingerprint density at radius 1 is 1.31 bits per heavy atom. The van der Waals surface area contributed by atoms with E-state index in [0.29, 0.717) is 6.54 Å². The lowest BCUT2D eigenvalue weighted by Gasteiger charge is -2.37. The first-order valence-corrected chi connectivity index (χ1v) is 10.3. The molecule has 0 aromatic carbocycles. The van der Waals surface area contributed by atoms with Crippen LogP contribution in [-0.4, -0.2) is 36.0 Å². The van der Waals surface area contributed by atoms with Gasteiger partial charge in [-0.3, -0.25) is 9.69 Å². The van der Waals surface area contributed by atoms with Gasteiger partial charge in [0, 0.05) is 11.4 Å². The molecule has 1 amide bonds. The van der Waals surface area contributed by atoms with Crippen molar-refractivity contribution in [2.45, 2.75) is 63.5 Å². The summed E-state index contributed by atoms with van der Waals surface area (Å²) in [6, 6.07) is 4.58. The third-order valence-electron chi connectivity index (χ3n) is 5.78. The summed E-state index contributed by atoms with van der Waals surface area (Å²) >= 11 is 1.79. The van der Waals surface area contributed by atoms with Crippen molar-refractivity contribution >= 4 is 42.1 Å². The summed E-state index contributed by atoms with van der Waals surface area (Å²) in [6.45, 7) is 5.24. The molecule has 2 heterocycles. The molecule has 0 radical (unpaired) electrons. The number of hydrogen-bond acceptors (Lipinski definition) is 4. The maximum Gasteiger partial charge on any atom is 0.240 e. The fraction of sp³-hybridized carbons (Fsp3) is 0.737. The van der Waals surface area contributed by atoms with E-state index in [0.717, 1.165) is 44.7 Å². The molecule has 1 aromatic rings. The van der Waals surface area contributed by atoms with E-state index in [9.17, 15) is 4.79 Å². The van der Waals surface area contributed by atoms with Crippen molar-refractivity contribution in [1.82, 2.24) is 10.2 Å². The molecular formula is C19H33Cl2N3OS. The van der Waals surface area contributed by atoms with Gasteiger partial charge >= 0.3 is 0 Å². The zero-order chi connectivity index (χ0) is 17.0. The predicted octanol–water partition coefficient (Wildman–Crippen LogP) is 4.14. The molecule has 0 spiro atoms. The Hall–Kier alpha value is -0.330. The average molecular weight is 422 g/mol. The standard InChI is InChI=1S/C19H31N3OS.2ClH/c1-15-7-11-22(12-8-15)16(17-6-5-13-24-17)14-21-18(23)19(20)9-3-2-4-10-19;;/h5-6,13,15-16H,2-4,7-12,14,20H2,1H3,(H,21,23);2*1H. The minimum Gasteiger partial charge on any atom is -0.353 e. The second kappa shape index (κ2) is 10.9. The second-order valence-electron chi connectivity index (χ2n) is 7.68. The zero-order valence-electron chi connectivity index (χ0n) is 15.6. The van der Waals surface area contributed by atoms with Crippen molar-refractivity contribution < 1.29 is 4.79 Å². The highest BCUT2D eigenvalue weighted by Gasteiger charge is 2.36. The van der Waals surface area contributed by atoms with Crippen LogP contribution in [-0.2, 0) is 4.79 Å². The third kappa shape index (κ3) is 5.83. The van der Waals surface area contributed by atoms with Gasteiger partial charge in [0.05, 0.1) is 11.6 Å². The number of rotatable bonds is 5. The molecule has 1 saturated carbocycles. The number of halogens is 2. The Bertz CT molecular complexity index is 527. The van der Waals surface area contributed by atoms with E-state index < -0.39 is 5.54 Å². The molecule has 1 aromatic heterocycles. The molecule has 0 bridgehead atoms. The number of carbonyl (C=O) groups excluding carboxylic acids is 1. The number of amides is 1. The van der Waals surface area contributed by atoms with Crippen molar-refractivity contribution in [3.63, 3.8) is 0 Å². The van der Waals surface area contributed by atoms with Crippen molar-refractivity contribution in [3.8, 4) is 0 Å². The zero-order valence-corrected chi connectivity index (χ0v) is 18.1. The molecule has 3 N–H and O–H groups in total. The van der Waals surface area contributed by atoms with Crippen LogP contribution in [0.25, 0.3) is 0 Å². The number of thiophene rings is 1. The number of nitrogens with two attached hydrogens (primary N) is 1. The molecule has 1 aliphatic heterocycles. The highest BCUT2D eigenvalue weighted by atomic mass is 35.5. The van der Waals surface area contributed by atoms with E-state index in [1.807, 2.05) is 0 Å². The number of nitrogens with one attached hydrogen (secondary N) is 1. The van der Waals surface area contributed by atoms with Crippen LogP contribution in [0, 0.1) is 5.92 Å². The van der Waals surface area contributed by atoms with E-state index >= 15 is 0 Å². The second-order valence-corrected chi connectivity index (χ2v) is 8.66. The van der Waals surface area contributed by atoms with E-state index in [2.05, 4.69) is 34.7 Å². The van der Waals surface area contributed by atoms with Gasteiger partial charge in [0.2, 0.25) is 5.91 Å². The van der Waals surface area contributed by atoms with Crippen LogP contribution >= 0.6 is 36.2 Å². The van der Waals surface area contributed by atoms with Gasteiger partial charge in [-0.05, 0) is 56.1 Å². The van der Waals surface area contributed by atoms with E-state index in [-0.39, 0.29) is 36.8 Å². The van der Waals surface area contributed by atoms with Gasteiger partial charge in [0.25, 0.3) is 0 Å². The van der Waals surface area contributed by atoms with E-state index in [4.69, 9.17) is 5.73 Å². The summed E-state index contributed by atoms with van der Waals surface area (Å²) in [5.74, 6) is 0.864. The monoisotopic (exact) mass is 421 g/mol. The fourth-order valence-corrected chi connectivity index (χ4v) is 4.87. The maximum atomic E-state index is 12.7. The van der Waals surface area contributed by atoms with Crippen LogP contribution in [0.3, 0.4) is 0 Å². The minimum absolute atomic E-state index is 0. The number of likely N-dealkylation sites (tertiary alicyclic amines) is 1. The number of carbonyl (C=O) groups is 1. The first-order valence-electron chi connectivity index (χ1n) is 9.43. The van der Waals surface area contributed by atoms with E-state index in [1.54, 1.807) is 11.3 Å². The molecule has 26 heavy (non-hydrogen) atoms. The van der Waals surface area contributed by atoms with Crippen LogP contribution in [0.15, 0.2) is 17.5 Å². The molecular weight excluding hydrogens is 389 g/mol. The summed E-state index contributed by atoms with van der Waals surface area (Å²) in [5.41, 5.74) is 5.74. The maximum absolute atomic E-state index is 12.7. The highest BCUT2D eigenvalue weighted by molar-refractivity contribution is 7.10. The lowest BCUT2D eigenvalue weighted by atomic mass is 9.82. The summed E-state index contributed by atoms with van der Waals surface area (Å²) in [5, 5.41) is 5.32. The molecule has 1 aliphatic carbocycles. The third-order valence-corrected chi connectivity index (χ3v) is 6.76. The normalized spacial score (nSPS) is 21.9. The minimum atomic E-state index is -0.644. The quantitative estimate of drug-likeness (QED) is 0.750. The molecule has 150 valence electrons. The van der Waals surface area contributed by atoms with Crippen LogP contribution in [0.5, 0.6) is 0 Å². The summed E-state index contributed by atoms with van der Waals surface area (Å²) < 4.78 is 0. The van der Waals surface area contributed by atoms with Gasteiger partial charge in [-0.1, -0.05) is 32.3 Å². The number of nitrogens with zero attached hydrogens (tertiary/aromatic N) is 1. The van der Waals surface area contributed by atoms with Gasteiger partial charge in [0.15, 0.2) is 0 Å². The van der Waals surface area contributed by atoms with Gasteiger partial charge in [-0.15, -0.1) is 36.2 Å². The molecule has 7 heteroatoms. The molecule has 3 rings (SSSR count). The summed E-state index contributed by atoms with van der Waals surface area (Å²) in [7, 11) is 0. The van der Waals surface area contributed by atoms with Crippen molar-refractivity contribution in [2.24, 2.45) is 11.7 Å². The molecule has 2 fully saturated rings. The molecule has 1 saturated heterocycles. The molecule has 1 atom stereocenters. The van der Waals surface area contributed by atoms with E-state index in [1.165, 1.54) is 24.1 Å². The van der Waals surface area contributed by atoms with Crippen molar-refractivity contribution in [1.29, 1.82) is 0 Å². The Morgan fingerprint density at radius 2 is 1.96 bits per heavy atom. The van der Waals surface area contributed by atoms with Crippen LogP contribution in [0.1, 0.15) is 62.8 Å². The highest BCUT2D eigenvalue weighted by Crippen LogP contribution is 2.30. The summed E-state index contributed by atoms with van der Waals surface area (Å²) in [6.07, 6.45) is 7.49. The topological polar surface area (TPSA) is 58.4 Å². The Balaban J connectivity index is 0.00000169. The van der Waals surface area contributed by atoms with Crippen LogP contribution < -0.4 is 11.1 Å². The van der Waals surface area contributed by atoms with Crippen LogP contribution in [0.4, 0.5) is 0 Å². The average Bonchev–Trinajstić information content (AvgIpc) is 3.11. The van der Waals surface area contributed by atoms with Gasteiger partial charge in [0.1, 0.15) is 0 Å². The van der Waals surface area contributed by atoms with Gasteiger partial charge in [-0.2, -0.15) is 0 Å². The SMILES string of the molecule is CC1CCN(C(CNC(=O)C2(N)CCCCC2)c2cccs2)CC1.Cl.Cl. The van der Waals surface area contributed by atoms with Crippen molar-refractivity contribution in [2.75, 3.05) is 19.6 Å². The first kappa shape index (κ1) is 23.7. The van der Waals surface area contributed by atoms with Gasteiger partial charge < -0.3 is 11.1 Å².